The van der Waals surface area contributed by atoms with Gasteiger partial charge in [-0.25, -0.2) is 13.2 Å². The summed E-state index contributed by atoms with van der Waals surface area (Å²) < 4.78 is 31.2. The van der Waals surface area contributed by atoms with Crippen LogP contribution in [0.25, 0.3) is 0 Å². The van der Waals surface area contributed by atoms with E-state index in [0.717, 1.165) is 12.1 Å². The molecule has 2 rings (SSSR count). The standard InChI is InChI=1S/C17H26N2O4S/c1-3-5-14-24(21,22)19-12-10-18(11-13-19)16-9-7-6-8-15(16)17(20)23-4-2/h6-9H,3-5,10-14H2,1-2H3. The molecule has 0 atom stereocenters. The van der Waals surface area contributed by atoms with Crippen LogP contribution in [0.4, 0.5) is 5.69 Å². The zero-order valence-corrected chi connectivity index (χ0v) is 15.2. The molecule has 0 unspecified atom stereocenters. The number of hydrogen-bond acceptors (Lipinski definition) is 5. The van der Waals surface area contributed by atoms with E-state index in [2.05, 4.69) is 4.90 Å². The first kappa shape index (κ1) is 18.7. The minimum absolute atomic E-state index is 0.211. The van der Waals surface area contributed by atoms with Crippen molar-refractivity contribution in [1.82, 2.24) is 4.31 Å². The zero-order chi connectivity index (χ0) is 17.6. The molecule has 1 heterocycles. The number of sulfonamides is 1. The van der Waals surface area contributed by atoms with E-state index in [-0.39, 0.29) is 11.7 Å². The Morgan fingerprint density at radius 3 is 2.42 bits per heavy atom. The Morgan fingerprint density at radius 2 is 1.79 bits per heavy atom. The molecule has 1 aliphatic rings. The smallest absolute Gasteiger partial charge is 0.340 e. The van der Waals surface area contributed by atoms with Crippen molar-refractivity contribution in [2.75, 3.05) is 43.4 Å². The van der Waals surface area contributed by atoms with Crippen LogP contribution in [0.15, 0.2) is 24.3 Å². The van der Waals surface area contributed by atoms with Gasteiger partial charge in [-0.15, -0.1) is 0 Å². The molecular weight excluding hydrogens is 328 g/mol. The Morgan fingerprint density at radius 1 is 1.12 bits per heavy atom. The Kier molecular flexibility index (Phi) is 6.62. The lowest BCUT2D eigenvalue weighted by atomic mass is 10.1. The molecule has 1 aromatic rings. The summed E-state index contributed by atoms with van der Waals surface area (Å²) in [6.45, 7) is 6.13. The first-order valence-electron chi connectivity index (χ1n) is 8.48. The van der Waals surface area contributed by atoms with E-state index in [1.165, 1.54) is 0 Å². The van der Waals surface area contributed by atoms with Gasteiger partial charge in [0.1, 0.15) is 0 Å². The maximum atomic E-state index is 12.3. The number of carbonyl (C=O) groups is 1. The molecule has 0 radical (unpaired) electrons. The van der Waals surface area contributed by atoms with Crippen LogP contribution in [-0.2, 0) is 14.8 Å². The maximum absolute atomic E-state index is 12.3. The highest BCUT2D eigenvalue weighted by atomic mass is 32.2. The largest absolute Gasteiger partial charge is 0.462 e. The van der Waals surface area contributed by atoms with Crippen molar-refractivity contribution in [2.24, 2.45) is 0 Å². The van der Waals surface area contributed by atoms with Crippen LogP contribution in [0.5, 0.6) is 0 Å². The van der Waals surface area contributed by atoms with Crippen molar-refractivity contribution >= 4 is 21.7 Å². The average molecular weight is 354 g/mol. The van der Waals surface area contributed by atoms with E-state index in [9.17, 15) is 13.2 Å². The van der Waals surface area contributed by atoms with Gasteiger partial charge in [-0.05, 0) is 25.5 Å². The number of esters is 1. The van der Waals surface area contributed by atoms with Crippen LogP contribution < -0.4 is 4.90 Å². The molecule has 1 aliphatic heterocycles. The molecule has 0 aromatic heterocycles. The first-order chi connectivity index (χ1) is 11.5. The van der Waals surface area contributed by atoms with Gasteiger partial charge >= 0.3 is 5.97 Å². The Hall–Kier alpha value is -1.60. The molecule has 1 saturated heterocycles. The number of rotatable bonds is 7. The predicted molar refractivity (Wildman–Crippen MR) is 94.9 cm³/mol. The SMILES string of the molecule is CCCCS(=O)(=O)N1CCN(c2ccccc2C(=O)OCC)CC1. The number of piperazine rings is 1. The topological polar surface area (TPSA) is 66.9 Å². The zero-order valence-electron chi connectivity index (χ0n) is 14.4. The lowest BCUT2D eigenvalue weighted by Crippen LogP contribution is -2.49. The van der Waals surface area contributed by atoms with Crippen molar-refractivity contribution in [3.63, 3.8) is 0 Å². The molecule has 0 bridgehead atoms. The third-order valence-corrected chi connectivity index (χ3v) is 6.08. The van der Waals surface area contributed by atoms with Crippen LogP contribution in [0, 0.1) is 0 Å². The van der Waals surface area contributed by atoms with Gasteiger partial charge in [-0.1, -0.05) is 25.5 Å². The van der Waals surface area contributed by atoms with Crippen molar-refractivity contribution in [3.8, 4) is 0 Å². The summed E-state index contributed by atoms with van der Waals surface area (Å²) in [6, 6.07) is 7.31. The summed E-state index contributed by atoms with van der Waals surface area (Å²) in [5, 5.41) is 0. The molecule has 134 valence electrons. The van der Waals surface area contributed by atoms with E-state index in [0.29, 0.717) is 44.8 Å². The Balaban J connectivity index is 2.06. The fourth-order valence-corrected chi connectivity index (χ4v) is 4.43. The highest BCUT2D eigenvalue weighted by Gasteiger charge is 2.28. The second-order valence-corrected chi connectivity index (χ2v) is 7.88. The summed E-state index contributed by atoms with van der Waals surface area (Å²) in [7, 11) is -3.17. The van der Waals surface area contributed by atoms with Gasteiger partial charge in [0, 0.05) is 26.2 Å². The first-order valence-corrected chi connectivity index (χ1v) is 10.1. The fourth-order valence-electron chi connectivity index (χ4n) is 2.79. The van der Waals surface area contributed by atoms with Gasteiger partial charge in [0.05, 0.1) is 23.6 Å². The van der Waals surface area contributed by atoms with E-state index in [1.807, 2.05) is 19.1 Å². The van der Waals surface area contributed by atoms with Crippen LogP contribution in [0.2, 0.25) is 0 Å². The van der Waals surface area contributed by atoms with Gasteiger partial charge in [-0.2, -0.15) is 4.31 Å². The quantitative estimate of drug-likeness (QED) is 0.702. The van der Waals surface area contributed by atoms with Crippen molar-refractivity contribution < 1.29 is 17.9 Å². The number of unbranched alkanes of at least 4 members (excludes halogenated alkanes) is 1. The van der Waals surface area contributed by atoms with Crippen LogP contribution in [-0.4, -0.2) is 57.2 Å². The van der Waals surface area contributed by atoms with Crippen molar-refractivity contribution in [1.29, 1.82) is 0 Å². The van der Waals surface area contributed by atoms with Crippen LogP contribution >= 0.6 is 0 Å². The molecule has 24 heavy (non-hydrogen) atoms. The summed E-state index contributed by atoms with van der Waals surface area (Å²) in [4.78, 5) is 14.1. The van der Waals surface area contributed by atoms with Crippen molar-refractivity contribution in [3.05, 3.63) is 29.8 Å². The Bertz CT molecular complexity index is 652. The number of nitrogens with zero attached hydrogens (tertiary/aromatic N) is 2. The van der Waals surface area contributed by atoms with Gasteiger partial charge in [0.25, 0.3) is 0 Å². The van der Waals surface area contributed by atoms with Gasteiger partial charge in [0.15, 0.2) is 0 Å². The molecular formula is C17H26N2O4S. The maximum Gasteiger partial charge on any atom is 0.340 e. The monoisotopic (exact) mass is 354 g/mol. The van der Waals surface area contributed by atoms with E-state index in [1.54, 1.807) is 23.4 Å². The molecule has 1 fully saturated rings. The number of hydrogen-bond donors (Lipinski definition) is 0. The Labute approximate surface area is 144 Å². The van der Waals surface area contributed by atoms with E-state index < -0.39 is 10.0 Å². The second-order valence-electron chi connectivity index (χ2n) is 5.79. The third kappa shape index (κ3) is 4.48. The normalized spacial score (nSPS) is 16.2. The van der Waals surface area contributed by atoms with E-state index in [4.69, 9.17) is 4.74 Å². The van der Waals surface area contributed by atoms with Gasteiger partial charge < -0.3 is 9.64 Å². The highest BCUT2D eigenvalue weighted by molar-refractivity contribution is 7.89. The summed E-state index contributed by atoms with van der Waals surface area (Å²) in [5.74, 6) is -0.130. The van der Waals surface area contributed by atoms with Gasteiger partial charge in [0.2, 0.25) is 10.0 Å². The van der Waals surface area contributed by atoms with E-state index >= 15 is 0 Å². The number of anilines is 1. The van der Waals surface area contributed by atoms with Crippen LogP contribution in [0.3, 0.4) is 0 Å². The summed E-state index contributed by atoms with van der Waals surface area (Å²) >= 11 is 0. The second kappa shape index (κ2) is 8.48. The number of ether oxygens (including phenoxy) is 1. The molecule has 7 heteroatoms. The summed E-state index contributed by atoms with van der Waals surface area (Å²) in [6.07, 6.45) is 1.56. The molecule has 6 nitrogen and oxygen atoms in total. The predicted octanol–water partition coefficient (Wildman–Crippen LogP) is 2.12. The minimum Gasteiger partial charge on any atom is -0.462 e. The number of benzene rings is 1. The summed E-state index contributed by atoms with van der Waals surface area (Å²) in [5.41, 5.74) is 1.34. The third-order valence-electron chi connectivity index (χ3n) is 4.13. The molecule has 0 amide bonds. The van der Waals surface area contributed by atoms with Crippen LogP contribution in [0.1, 0.15) is 37.0 Å². The number of para-hydroxylation sites is 1. The van der Waals surface area contributed by atoms with Crippen molar-refractivity contribution in [2.45, 2.75) is 26.7 Å². The molecule has 0 N–H and O–H groups in total. The molecule has 0 saturated carbocycles. The lowest BCUT2D eigenvalue weighted by Gasteiger charge is -2.36. The fraction of sp³-hybridized carbons (Fsp3) is 0.588. The van der Waals surface area contributed by atoms with Gasteiger partial charge in [-0.3, -0.25) is 0 Å². The minimum atomic E-state index is -3.17. The molecule has 0 spiro atoms. The lowest BCUT2D eigenvalue weighted by molar-refractivity contribution is 0.0527. The molecule has 1 aromatic carbocycles. The molecule has 0 aliphatic carbocycles. The highest BCUT2D eigenvalue weighted by Crippen LogP contribution is 2.23. The number of carbonyl (C=O) groups excluding carboxylic acids is 1. The average Bonchev–Trinajstić information content (AvgIpc) is 2.60.